The third-order valence-corrected chi connectivity index (χ3v) is 4.18. The van der Waals surface area contributed by atoms with Crippen LogP contribution >= 0.6 is 15.9 Å². The van der Waals surface area contributed by atoms with Crippen molar-refractivity contribution in [3.63, 3.8) is 0 Å². The fourth-order valence-corrected chi connectivity index (χ4v) is 3.00. The number of nitriles is 1. The second-order valence-corrected chi connectivity index (χ2v) is 6.12. The van der Waals surface area contributed by atoms with E-state index in [2.05, 4.69) is 21.0 Å². The Balaban J connectivity index is 2.06. The Hall–Kier alpha value is -2.53. The number of carbonyl (C=O) groups excluding carboxylic acids is 1. The zero-order valence-electron chi connectivity index (χ0n) is 12.4. The van der Waals surface area contributed by atoms with Crippen molar-refractivity contribution in [1.29, 1.82) is 5.26 Å². The number of aromatic nitrogens is 2. The van der Waals surface area contributed by atoms with Gasteiger partial charge in [-0.15, -0.1) is 0 Å². The lowest BCUT2D eigenvalue weighted by molar-refractivity contribution is 0.0958. The lowest BCUT2D eigenvalue weighted by Gasteiger charge is -2.31. The summed E-state index contributed by atoms with van der Waals surface area (Å²) in [5, 5.41) is 23.0. The van der Waals surface area contributed by atoms with E-state index < -0.39 is 0 Å². The molecule has 0 radical (unpaired) electrons. The number of hydrogen-bond donors (Lipinski definition) is 1. The summed E-state index contributed by atoms with van der Waals surface area (Å²) in [6.45, 7) is 2.23. The van der Waals surface area contributed by atoms with Crippen molar-refractivity contribution in [2.45, 2.75) is 13.0 Å². The number of phenolic OH excluding ortho intramolecular Hbond substituents is 1. The zero-order valence-corrected chi connectivity index (χ0v) is 14.0. The predicted octanol–water partition coefficient (Wildman–Crippen LogP) is 2.19. The van der Waals surface area contributed by atoms with E-state index in [1.807, 2.05) is 13.0 Å². The molecule has 118 valence electrons. The van der Waals surface area contributed by atoms with E-state index in [-0.39, 0.29) is 23.3 Å². The number of aryl methyl sites for hydroxylation is 1. The second-order valence-electron chi connectivity index (χ2n) is 5.27. The van der Waals surface area contributed by atoms with E-state index in [0.29, 0.717) is 28.1 Å². The van der Waals surface area contributed by atoms with Gasteiger partial charge >= 0.3 is 0 Å². The summed E-state index contributed by atoms with van der Waals surface area (Å²) >= 11 is 3.17. The highest BCUT2D eigenvalue weighted by atomic mass is 79.9. The van der Waals surface area contributed by atoms with Gasteiger partial charge in [0.05, 0.1) is 22.8 Å². The van der Waals surface area contributed by atoms with Crippen molar-refractivity contribution < 1.29 is 14.6 Å². The molecule has 1 amide bonds. The van der Waals surface area contributed by atoms with Gasteiger partial charge in [0.1, 0.15) is 17.9 Å². The lowest BCUT2D eigenvalue weighted by Crippen LogP contribution is -2.43. The number of rotatable bonds is 1. The molecule has 0 fully saturated rings. The molecule has 1 atom stereocenters. The van der Waals surface area contributed by atoms with Crippen LogP contribution in [0.15, 0.2) is 22.8 Å². The van der Waals surface area contributed by atoms with Crippen molar-refractivity contribution in [1.82, 2.24) is 9.78 Å². The Labute approximate surface area is 140 Å². The highest BCUT2D eigenvalue weighted by Gasteiger charge is 2.32. The number of benzene rings is 1. The fraction of sp³-hybridized carbons (Fsp3) is 0.267. The van der Waals surface area contributed by atoms with Crippen molar-refractivity contribution in [2.24, 2.45) is 7.05 Å². The molecule has 23 heavy (non-hydrogen) atoms. The molecule has 1 aromatic carbocycles. The molecule has 2 heterocycles. The first-order valence-corrected chi connectivity index (χ1v) is 7.64. The van der Waals surface area contributed by atoms with Gasteiger partial charge in [0, 0.05) is 12.6 Å². The van der Waals surface area contributed by atoms with Crippen LogP contribution in [0.4, 0.5) is 5.82 Å². The average molecular weight is 377 g/mol. The molecule has 0 bridgehead atoms. The van der Waals surface area contributed by atoms with Crippen LogP contribution in [0.25, 0.3) is 0 Å². The van der Waals surface area contributed by atoms with Crippen LogP contribution in [0.2, 0.25) is 0 Å². The average Bonchev–Trinajstić information content (AvgIpc) is 2.89. The van der Waals surface area contributed by atoms with Gasteiger partial charge in [-0.3, -0.25) is 9.69 Å². The molecule has 0 spiro atoms. The minimum atomic E-state index is -0.290. The maximum atomic E-state index is 12.9. The van der Waals surface area contributed by atoms with Crippen LogP contribution in [0.1, 0.15) is 22.8 Å². The smallest absolute Gasteiger partial charge is 0.259 e. The second kappa shape index (κ2) is 5.59. The molecule has 0 unspecified atom stereocenters. The highest BCUT2D eigenvalue weighted by molar-refractivity contribution is 9.10. The quantitative estimate of drug-likeness (QED) is 0.823. The fourth-order valence-electron chi connectivity index (χ4n) is 2.54. The Morgan fingerprint density at radius 1 is 1.57 bits per heavy atom. The number of hydrogen-bond acceptors (Lipinski definition) is 5. The monoisotopic (exact) mass is 376 g/mol. The molecule has 1 N–H and O–H groups in total. The van der Waals surface area contributed by atoms with Crippen LogP contribution in [-0.4, -0.2) is 33.4 Å². The number of phenols is 1. The maximum absolute atomic E-state index is 12.9. The van der Waals surface area contributed by atoms with Gasteiger partial charge in [0.15, 0.2) is 11.6 Å². The lowest BCUT2D eigenvalue weighted by atomic mass is 10.1. The Kier molecular flexibility index (Phi) is 3.74. The first kappa shape index (κ1) is 15.4. The minimum absolute atomic E-state index is 0.0364. The molecule has 3 rings (SSSR count). The number of aromatic hydroxyl groups is 1. The normalized spacial score (nSPS) is 16.4. The summed E-state index contributed by atoms with van der Waals surface area (Å²) in [7, 11) is 1.73. The van der Waals surface area contributed by atoms with Crippen LogP contribution in [0.3, 0.4) is 0 Å². The summed E-state index contributed by atoms with van der Waals surface area (Å²) in [4.78, 5) is 14.5. The van der Waals surface area contributed by atoms with Crippen molar-refractivity contribution in [2.75, 3.05) is 11.4 Å². The summed E-state index contributed by atoms with van der Waals surface area (Å²) in [6.07, 6.45) is 1.39. The van der Waals surface area contributed by atoms with E-state index in [1.54, 1.807) is 22.8 Å². The van der Waals surface area contributed by atoms with E-state index >= 15 is 0 Å². The van der Waals surface area contributed by atoms with E-state index in [0.717, 1.165) is 0 Å². The minimum Gasteiger partial charge on any atom is -0.505 e. The predicted molar refractivity (Wildman–Crippen MR) is 85.5 cm³/mol. The Bertz CT molecular complexity index is 840. The Morgan fingerprint density at radius 2 is 2.30 bits per heavy atom. The number of amides is 1. The first-order valence-electron chi connectivity index (χ1n) is 6.85. The summed E-state index contributed by atoms with van der Waals surface area (Å²) in [5.41, 5.74) is 0.335. The van der Waals surface area contributed by atoms with Crippen LogP contribution in [0.5, 0.6) is 11.5 Å². The SMILES string of the molecule is C[C@H]1CN(C(=O)c2cc(Br)c(O)c(C#N)c2)c2c(cnn2C)O1. The van der Waals surface area contributed by atoms with Gasteiger partial charge in [-0.2, -0.15) is 10.4 Å². The highest BCUT2D eigenvalue weighted by Crippen LogP contribution is 2.35. The summed E-state index contributed by atoms with van der Waals surface area (Å²) in [5.74, 6) is 0.636. The van der Waals surface area contributed by atoms with Crippen molar-refractivity contribution in [3.8, 4) is 17.6 Å². The summed E-state index contributed by atoms with van der Waals surface area (Å²) in [6, 6.07) is 4.74. The Morgan fingerprint density at radius 3 is 3.00 bits per heavy atom. The molecule has 8 heteroatoms. The zero-order chi connectivity index (χ0) is 16.7. The molecule has 0 saturated heterocycles. The van der Waals surface area contributed by atoms with Crippen molar-refractivity contribution in [3.05, 3.63) is 33.9 Å². The largest absolute Gasteiger partial charge is 0.505 e. The number of halogens is 1. The van der Waals surface area contributed by atoms with Crippen LogP contribution in [-0.2, 0) is 7.05 Å². The van der Waals surface area contributed by atoms with Gasteiger partial charge in [-0.1, -0.05) is 0 Å². The van der Waals surface area contributed by atoms with Gasteiger partial charge in [-0.05, 0) is 35.0 Å². The number of nitrogens with zero attached hydrogens (tertiary/aromatic N) is 4. The number of fused-ring (bicyclic) bond motifs is 1. The molecule has 1 aromatic heterocycles. The van der Waals surface area contributed by atoms with E-state index in [9.17, 15) is 9.90 Å². The molecule has 7 nitrogen and oxygen atoms in total. The summed E-state index contributed by atoms with van der Waals surface area (Å²) < 4.78 is 7.54. The third kappa shape index (κ3) is 2.53. The number of ether oxygens (including phenoxy) is 1. The van der Waals surface area contributed by atoms with E-state index in [1.165, 1.54) is 12.1 Å². The molecular formula is C15H13BrN4O3. The van der Waals surface area contributed by atoms with Gasteiger partial charge < -0.3 is 9.84 Å². The molecule has 1 aliphatic rings. The molecular weight excluding hydrogens is 364 g/mol. The molecule has 1 aliphatic heterocycles. The van der Waals surface area contributed by atoms with Gasteiger partial charge in [-0.25, -0.2) is 4.68 Å². The van der Waals surface area contributed by atoms with E-state index in [4.69, 9.17) is 10.00 Å². The van der Waals surface area contributed by atoms with Crippen LogP contribution in [0, 0.1) is 11.3 Å². The van der Waals surface area contributed by atoms with Gasteiger partial charge in [0.2, 0.25) is 0 Å². The third-order valence-electron chi connectivity index (χ3n) is 3.57. The molecule has 0 saturated carbocycles. The van der Waals surface area contributed by atoms with Crippen LogP contribution < -0.4 is 9.64 Å². The topological polar surface area (TPSA) is 91.4 Å². The number of carbonyl (C=O) groups is 1. The van der Waals surface area contributed by atoms with Gasteiger partial charge in [0.25, 0.3) is 5.91 Å². The molecule has 0 aliphatic carbocycles. The first-order chi connectivity index (χ1) is 10.9. The van der Waals surface area contributed by atoms with Crippen molar-refractivity contribution >= 4 is 27.7 Å². The standard InChI is InChI=1S/C15H13BrN4O3/c1-8-7-20(14-12(23-8)6-18-19(14)2)15(22)9-3-10(5-17)13(21)11(16)4-9/h3-4,6,8,21H,7H2,1-2H3/t8-/m0/s1. The number of anilines is 1. The maximum Gasteiger partial charge on any atom is 0.259 e. The molecule has 2 aromatic rings.